The smallest absolute Gasteiger partial charge is 0.338 e. The van der Waals surface area contributed by atoms with E-state index in [1.54, 1.807) is 11.8 Å². The molecule has 1 heterocycles. The van der Waals surface area contributed by atoms with Gasteiger partial charge in [-0.25, -0.2) is 4.79 Å². The van der Waals surface area contributed by atoms with Gasteiger partial charge in [0.25, 0.3) is 0 Å². The largest absolute Gasteiger partial charge is 0.478 e. The predicted octanol–water partition coefficient (Wildman–Crippen LogP) is 3.34. The van der Waals surface area contributed by atoms with E-state index >= 15 is 0 Å². The van der Waals surface area contributed by atoms with Gasteiger partial charge in [-0.15, -0.1) is 11.8 Å². The second kappa shape index (κ2) is 7.55. The van der Waals surface area contributed by atoms with Crippen LogP contribution in [0.3, 0.4) is 0 Å². The lowest BCUT2D eigenvalue weighted by Gasteiger charge is -2.14. The number of rotatable bonds is 7. The number of nitrogens with one attached hydrogen (secondary N) is 1. The fourth-order valence-corrected chi connectivity index (χ4v) is 3.22. The molecule has 1 aliphatic heterocycles. The molecule has 110 valence electrons. The van der Waals surface area contributed by atoms with Crippen LogP contribution >= 0.6 is 11.8 Å². The average Bonchev–Trinajstić information content (AvgIpc) is 2.92. The Morgan fingerprint density at radius 3 is 3.05 bits per heavy atom. The van der Waals surface area contributed by atoms with Crippen LogP contribution in [0.4, 0.5) is 5.69 Å². The number of hydrogen-bond acceptors (Lipinski definition) is 4. The van der Waals surface area contributed by atoms with E-state index < -0.39 is 5.97 Å². The van der Waals surface area contributed by atoms with Crippen molar-refractivity contribution in [1.29, 1.82) is 0 Å². The lowest BCUT2D eigenvalue weighted by molar-refractivity contribution is 0.0694. The van der Waals surface area contributed by atoms with Crippen LogP contribution in [0.25, 0.3) is 0 Å². The molecule has 5 heteroatoms. The van der Waals surface area contributed by atoms with E-state index in [1.165, 1.54) is 0 Å². The highest BCUT2D eigenvalue weighted by Gasteiger charge is 2.17. The van der Waals surface area contributed by atoms with E-state index in [2.05, 4.69) is 5.32 Å². The molecule has 0 bridgehead atoms. The summed E-state index contributed by atoms with van der Waals surface area (Å²) in [4.78, 5) is 12.3. The molecule has 0 amide bonds. The fourth-order valence-electron chi connectivity index (χ4n) is 2.40. The van der Waals surface area contributed by atoms with Gasteiger partial charge in [0.05, 0.1) is 5.56 Å². The molecule has 0 saturated carbocycles. The molecule has 0 aliphatic carbocycles. The van der Waals surface area contributed by atoms with Crippen LogP contribution < -0.4 is 5.32 Å². The zero-order valence-electron chi connectivity index (χ0n) is 11.7. The number of aromatic carboxylic acids is 1. The van der Waals surface area contributed by atoms with Gasteiger partial charge in [0.1, 0.15) is 0 Å². The molecule has 1 aliphatic rings. The third-order valence-electron chi connectivity index (χ3n) is 3.43. The molecule has 2 N–H and O–H groups in total. The summed E-state index contributed by atoms with van der Waals surface area (Å²) in [5, 5.41) is 12.7. The number of hydrogen-bond donors (Lipinski definition) is 2. The number of thioether (sulfide) groups is 1. The van der Waals surface area contributed by atoms with Crippen LogP contribution in [0.2, 0.25) is 0 Å². The number of anilines is 1. The molecule has 1 aromatic rings. The van der Waals surface area contributed by atoms with Crippen LogP contribution in [0.5, 0.6) is 0 Å². The summed E-state index contributed by atoms with van der Waals surface area (Å²) in [5.41, 5.74) is 1.11. The topological polar surface area (TPSA) is 58.6 Å². The first-order valence-electron chi connectivity index (χ1n) is 7.03. The molecule has 0 radical (unpaired) electrons. The summed E-state index contributed by atoms with van der Waals surface area (Å²) in [7, 11) is 0. The molecule has 1 unspecified atom stereocenters. The van der Waals surface area contributed by atoms with Crippen molar-refractivity contribution in [3.8, 4) is 0 Å². The highest BCUT2D eigenvalue weighted by atomic mass is 32.2. The molecule has 4 nitrogen and oxygen atoms in total. The second-order valence-corrected chi connectivity index (χ2v) is 6.17. The Balaban J connectivity index is 2.01. The molecular formula is C15H21NO3S. The fraction of sp³-hybridized carbons (Fsp3) is 0.533. The monoisotopic (exact) mass is 295 g/mol. The maximum Gasteiger partial charge on any atom is 0.338 e. The summed E-state index contributed by atoms with van der Waals surface area (Å²) >= 11 is 1.56. The average molecular weight is 295 g/mol. The summed E-state index contributed by atoms with van der Waals surface area (Å²) in [6.45, 7) is 4.50. The van der Waals surface area contributed by atoms with Gasteiger partial charge in [0, 0.05) is 30.3 Å². The normalized spacial score (nSPS) is 18.1. The third-order valence-corrected chi connectivity index (χ3v) is 4.37. The van der Waals surface area contributed by atoms with Gasteiger partial charge in [0.15, 0.2) is 0 Å². The zero-order valence-corrected chi connectivity index (χ0v) is 12.5. The first-order chi connectivity index (χ1) is 9.72. The molecule has 1 atom stereocenters. The molecule has 0 spiro atoms. The van der Waals surface area contributed by atoms with Crippen molar-refractivity contribution in [3.05, 3.63) is 23.8 Å². The van der Waals surface area contributed by atoms with Crippen molar-refractivity contribution in [2.75, 3.05) is 30.8 Å². The van der Waals surface area contributed by atoms with Crippen molar-refractivity contribution in [1.82, 2.24) is 0 Å². The lowest BCUT2D eigenvalue weighted by Crippen LogP contribution is -2.12. The second-order valence-electron chi connectivity index (χ2n) is 4.86. The van der Waals surface area contributed by atoms with Gasteiger partial charge in [-0.3, -0.25) is 0 Å². The first-order valence-corrected chi connectivity index (χ1v) is 8.01. The van der Waals surface area contributed by atoms with E-state index in [0.29, 0.717) is 11.5 Å². The standard InChI is InChI=1S/C15H21NO3S/c1-2-20-13-5-3-4-12(14(13)15(17)18)16-8-6-11-7-9-19-10-11/h3-5,11,16H,2,6-10H2,1H3,(H,17,18). The number of carboxylic acid groups (broad SMARTS) is 1. The Labute approximate surface area is 123 Å². The van der Waals surface area contributed by atoms with E-state index in [0.717, 1.165) is 48.9 Å². The SMILES string of the molecule is CCSc1cccc(NCCC2CCOC2)c1C(=O)O. The number of carbonyl (C=O) groups is 1. The Bertz CT molecular complexity index is 458. The molecule has 1 saturated heterocycles. The van der Waals surface area contributed by atoms with Gasteiger partial charge in [-0.05, 0) is 36.6 Å². The maximum absolute atomic E-state index is 11.5. The van der Waals surface area contributed by atoms with E-state index in [1.807, 2.05) is 25.1 Å². The van der Waals surface area contributed by atoms with Crippen LogP contribution in [0.15, 0.2) is 23.1 Å². The van der Waals surface area contributed by atoms with Crippen molar-refractivity contribution in [3.63, 3.8) is 0 Å². The summed E-state index contributed by atoms with van der Waals surface area (Å²) in [5.74, 6) is 0.598. The van der Waals surface area contributed by atoms with Gasteiger partial charge in [0.2, 0.25) is 0 Å². The van der Waals surface area contributed by atoms with Gasteiger partial charge < -0.3 is 15.2 Å². The minimum absolute atomic E-state index is 0.391. The van der Waals surface area contributed by atoms with E-state index in [-0.39, 0.29) is 0 Å². The highest BCUT2D eigenvalue weighted by molar-refractivity contribution is 7.99. The van der Waals surface area contributed by atoms with Crippen molar-refractivity contribution >= 4 is 23.4 Å². The van der Waals surface area contributed by atoms with Crippen LogP contribution in [-0.2, 0) is 4.74 Å². The van der Waals surface area contributed by atoms with Gasteiger partial charge >= 0.3 is 5.97 Å². The molecule has 0 aromatic heterocycles. The number of benzene rings is 1. The predicted molar refractivity (Wildman–Crippen MR) is 81.8 cm³/mol. The quantitative estimate of drug-likeness (QED) is 0.756. The summed E-state index contributed by atoms with van der Waals surface area (Å²) < 4.78 is 5.35. The van der Waals surface area contributed by atoms with Crippen molar-refractivity contribution in [2.24, 2.45) is 5.92 Å². The number of carboxylic acids is 1. The van der Waals surface area contributed by atoms with Gasteiger partial charge in [-0.1, -0.05) is 13.0 Å². The summed E-state index contributed by atoms with van der Waals surface area (Å²) in [6, 6.07) is 5.62. The highest BCUT2D eigenvalue weighted by Crippen LogP contribution is 2.29. The zero-order chi connectivity index (χ0) is 14.4. The molecule has 1 fully saturated rings. The molecule has 20 heavy (non-hydrogen) atoms. The van der Waals surface area contributed by atoms with Crippen molar-refractivity contribution < 1.29 is 14.6 Å². The maximum atomic E-state index is 11.5. The van der Waals surface area contributed by atoms with E-state index in [4.69, 9.17) is 4.74 Å². The third kappa shape index (κ3) is 3.90. The minimum atomic E-state index is -0.867. The number of ether oxygens (including phenoxy) is 1. The van der Waals surface area contributed by atoms with E-state index in [9.17, 15) is 9.90 Å². The Hall–Kier alpha value is -1.20. The van der Waals surface area contributed by atoms with Crippen LogP contribution in [-0.4, -0.2) is 36.6 Å². The Kier molecular flexibility index (Phi) is 5.73. The Morgan fingerprint density at radius 1 is 1.55 bits per heavy atom. The van der Waals surface area contributed by atoms with Crippen LogP contribution in [0.1, 0.15) is 30.1 Å². The lowest BCUT2D eigenvalue weighted by atomic mass is 10.1. The van der Waals surface area contributed by atoms with Crippen LogP contribution in [0, 0.1) is 5.92 Å². The molecule has 2 rings (SSSR count). The van der Waals surface area contributed by atoms with Gasteiger partial charge in [-0.2, -0.15) is 0 Å². The molecular weight excluding hydrogens is 274 g/mol. The minimum Gasteiger partial charge on any atom is -0.478 e. The summed E-state index contributed by atoms with van der Waals surface area (Å²) in [6.07, 6.45) is 2.13. The Morgan fingerprint density at radius 2 is 2.40 bits per heavy atom. The van der Waals surface area contributed by atoms with Crippen molar-refractivity contribution in [2.45, 2.75) is 24.7 Å². The first kappa shape index (κ1) is 15.2. The molecule has 1 aromatic carbocycles.